The quantitative estimate of drug-likeness (QED) is 0.242. The number of hydrogen-bond acceptors (Lipinski definition) is 7. The summed E-state index contributed by atoms with van der Waals surface area (Å²) in [6.07, 6.45) is 0.506. The molecule has 0 fully saturated rings. The zero-order chi connectivity index (χ0) is 25.5. The SMILES string of the molecule is CCC(Sc1nnc(C(NC(=O)c2ccccc2)C(C)C)n1C)C(=O)Nc1cccc([N+](=O)[O-])c1. The summed E-state index contributed by atoms with van der Waals surface area (Å²) in [5, 5.41) is 25.4. The minimum atomic E-state index is -0.509. The van der Waals surface area contributed by atoms with Crippen LogP contribution in [0.1, 0.15) is 49.4 Å². The lowest BCUT2D eigenvalue weighted by molar-refractivity contribution is -0.384. The van der Waals surface area contributed by atoms with Crippen LogP contribution in [-0.2, 0) is 11.8 Å². The van der Waals surface area contributed by atoms with Gasteiger partial charge < -0.3 is 15.2 Å². The Balaban J connectivity index is 1.74. The van der Waals surface area contributed by atoms with E-state index in [1.165, 1.54) is 30.0 Å². The number of non-ortho nitro benzene ring substituents is 1. The molecule has 3 aromatic rings. The molecule has 35 heavy (non-hydrogen) atoms. The van der Waals surface area contributed by atoms with Crippen LogP contribution in [0.2, 0.25) is 0 Å². The van der Waals surface area contributed by atoms with Crippen LogP contribution in [0.4, 0.5) is 11.4 Å². The Kier molecular flexibility index (Phi) is 8.58. The summed E-state index contributed by atoms with van der Waals surface area (Å²) < 4.78 is 1.78. The average Bonchev–Trinajstić information content (AvgIpc) is 3.20. The highest BCUT2D eigenvalue weighted by Gasteiger charge is 2.27. The fraction of sp³-hybridized carbons (Fsp3) is 0.333. The van der Waals surface area contributed by atoms with Crippen LogP contribution in [0.15, 0.2) is 59.8 Å². The van der Waals surface area contributed by atoms with Gasteiger partial charge in [0.25, 0.3) is 11.6 Å². The van der Waals surface area contributed by atoms with Crippen molar-refractivity contribution in [2.24, 2.45) is 13.0 Å². The van der Waals surface area contributed by atoms with Gasteiger partial charge in [-0.15, -0.1) is 10.2 Å². The number of carbonyl (C=O) groups is 2. The second-order valence-electron chi connectivity index (χ2n) is 8.27. The molecule has 0 saturated heterocycles. The molecule has 0 bridgehead atoms. The van der Waals surface area contributed by atoms with Gasteiger partial charge in [0, 0.05) is 30.4 Å². The lowest BCUT2D eigenvalue weighted by Crippen LogP contribution is -2.33. The molecule has 2 N–H and O–H groups in total. The smallest absolute Gasteiger partial charge is 0.271 e. The molecule has 3 rings (SSSR count). The fourth-order valence-electron chi connectivity index (χ4n) is 3.41. The highest BCUT2D eigenvalue weighted by Crippen LogP contribution is 2.29. The van der Waals surface area contributed by atoms with Crippen molar-refractivity contribution in [3.8, 4) is 0 Å². The molecule has 2 atom stereocenters. The molecule has 0 aliphatic rings. The number of benzene rings is 2. The first-order valence-electron chi connectivity index (χ1n) is 11.2. The molecule has 1 heterocycles. The molecule has 0 saturated carbocycles. The van der Waals surface area contributed by atoms with Gasteiger partial charge >= 0.3 is 0 Å². The maximum Gasteiger partial charge on any atom is 0.271 e. The van der Waals surface area contributed by atoms with E-state index in [2.05, 4.69) is 20.8 Å². The van der Waals surface area contributed by atoms with E-state index in [0.717, 1.165) is 0 Å². The second-order valence-corrected chi connectivity index (χ2v) is 9.44. The first kappa shape index (κ1) is 25.9. The van der Waals surface area contributed by atoms with Crippen LogP contribution >= 0.6 is 11.8 Å². The lowest BCUT2D eigenvalue weighted by atomic mass is 10.0. The molecule has 0 radical (unpaired) electrons. The molecule has 2 amide bonds. The number of rotatable bonds is 10. The molecular weight excluding hydrogens is 468 g/mol. The van der Waals surface area contributed by atoms with Crippen LogP contribution in [0, 0.1) is 16.0 Å². The second kappa shape index (κ2) is 11.6. The number of nitrogens with zero attached hydrogens (tertiary/aromatic N) is 4. The maximum atomic E-state index is 12.9. The van der Waals surface area contributed by atoms with Crippen molar-refractivity contribution >= 4 is 35.0 Å². The number of aromatic nitrogens is 3. The number of anilines is 1. The van der Waals surface area contributed by atoms with E-state index in [0.29, 0.717) is 28.7 Å². The van der Waals surface area contributed by atoms with Crippen LogP contribution in [0.3, 0.4) is 0 Å². The Labute approximate surface area is 207 Å². The standard InChI is InChI=1S/C24H28N6O4S/c1-5-19(23(32)25-17-12-9-13-18(14-17)30(33)34)35-24-28-27-21(29(24)4)20(15(2)3)26-22(31)16-10-7-6-8-11-16/h6-15,19-20H,5H2,1-4H3,(H,25,32)(H,26,31). The maximum absolute atomic E-state index is 12.9. The van der Waals surface area contributed by atoms with Gasteiger partial charge in [-0.25, -0.2) is 0 Å². The summed E-state index contributed by atoms with van der Waals surface area (Å²) in [4.78, 5) is 36.1. The van der Waals surface area contributed by atoms with Crippen molar-refractivity contribution in [3.63, 3.8) is 0 Å². The molecule has 0 spiro atoms. The average molecular weight is 497 g/mol. The minimum absolute atomic E-state index is 0.0440. The fourth-order valence-corrected chi connectivity index (χ4v) is 4.34. The van der Waals surface area contributed by atoms with Crippen molar-refractivity contribution in [1.29, 1.82) is 0 Å². The van der Waals surface area contributed by atoms with Gasteiger partial charge in [0.05, 0.1) is 16.2 Å². The first-order valence-corrected chi connectivity index (χ1v) is 12.1. The summed E-state index contributed by atoms with van der Waals surface area (Å²) >= 11 is 1.25. The van der Waals surface area contributed by atoms with Gasteiger partial charge in [-0.2, -0.15) is 0 Å². The summed E-state index contributed by atoms with van der Waals surface area (Å²) in [5.41, 5.74) is 0.808. The van der Waals surface area contributed by atoms with E-state index >= 15 is 0 Å². The third kappa shape index (κ3) is 6.44. The van der Waals surface area contributed by atoms with Crippen molar-refractivity contribution in [3.05, 3.63) is 76.1 Å². The summed E-state index contributed by atoms with van der Waals surface area (Å²) in [6, 6.07) is 14.4. The van der Waals surface area contributed by atoms with Gasteiger partial charge in [-0.05, 0) is 30.5 Å². The van der Waals surface area contributed by atoms with Crippen molar-refractivity contribution in [1.82, 2.24) is 20.1 Å². The number of nitro benzene ring substituents is 1. The van der Waals surface area contributed by atoms with Crippen LogP contribution in [0.5, 0.6) is 0 Å². The largest absolute Gasteiger partial charge is 0.342 e. The zero-order valence-electron chi connectivity index (χ0n) is 20.0. The number of hydrogen-bond donors (Lipinski definition) is 2. The number of thioether (sulfide) groups is 1. The molecule has 1 aromatic heterocycles. The van der Waals surface area contributed by atoms with E-state index in [-0.39, 0.29) is 29.5 Å². The minimum Gasteiger partial charge on any atom is -0.342 e. The normalized spacial score (nSPS) is 12.7. The van der Waals surface area contributed by atoms with Gasteiger partial charge in [-0.1, -0.05) is 56.8 Å². The van der Waals surface area contributed by atoms with Gasteiger partial charge in [0.1, 0.15) is 0 Å². The van der Waals surface area contributed by atoms with Gasteiger partial charge in [-0.3, -0.25) is 19.7 Å². The molecule has 2 unspecified atom stereocenters. The predicted molar refractivity (Wildman–Crippen MR) is 134 cm³/mol. The predicted octanol–water partition coefficient (Wildman–Crippen LogP) is 4.36. The van der Waals surface area contributed by atoms with Crippen molar-refractivity contribution < 1.29 is 14.5 Å². The van der Waals surface area contributed by atoms with E-state index in [1.807, 2.05) is 26.8 Å². The van der Waals surface area contributed by atoms with E-state index in [9.17, 15) is 19.7 Å². The van der Waals surface area contributed by atoms with Crippen LogP contribution < -0.4 is 10.6 Å². The number of amides is 2. The van der Waals surface area contributed by atoms with E-state index in [1.54, 1.807) is 41.9 Å². The van der Waals surface area contributed by atoms with Crippen LogP contribution in [-0.4, -0.2) is 36.8 Å². The Morgan fingerprint density at radius 1 is 1.11 bits per heavy atom. The summed E-state index contributed by atoms with van der Waals surface area (Å²) in [6.45, 7) is 5.84. The first-order chi connectivity index (χ1) is 16.7. The summed E-state index contributed by atoms with van der Waals surface area (Å²) in [5.74, 6) is 0.132. The van der Waals surface area contributed by atoms with E-state index in [4.69, 9.17) is 0 Å². The van der Waals surface area contributed by atoms with Crippen molar-refractivity contribution in [2.45, 2.75) is 43.6 Å². The van der Waals surface area contributed by atoms with Crippen molar-refractivity contribution in [2.75, 3.05) is 5.32 Å². The Morgan fingerprint density at radius 2 is 1.83 bits per heavy atom. The van der Waals surface area contributed by atoms with Gasteiger partial charge in [0.2, 0.25) is 5.91 Å². The Morgan fingerprint density at radius 3 is 2.46 bits per heavy atom. The molecule has 11 heteroatoms. The molecule has 0 aliphatic carbocycles. The zero-order valence-corrected chi connectivity index (χ0v) is 20.8. The molecule has 10 nitrogen and oxygen atoms in total. The molecule has 0 aliphatic heterocycles. The highest BCUT2D eigenvalue weighted by molar-refractivity contribution is 8.00. The Bertz CT molecular complexity index is 1200. The number of carbonyl (C=O) groups excluding carboxylic acids is 2. The topological polar surface area (TPSA) is 132 Å². The third-order valence-electron chi connectivity index (χ3n) is 5.37. The highest BCUT2D eigenvalue weighted by atomic mass is 32.2. The third-order valence-corrected chi connectivity index (χ3v) is 6.77. The molecular formula is C24H28N6O4S. The van der Waals surface area contributed by atoms with Crippen LogP contribution in [0.25, 0.3) is 0 Å². The Hall–Kier alpha value is -3.73. The lowest BCUT2D eigenvalue weighted by Gasteiger charge is -2.22. The number of nitro groups is 1. The van der Waals surface area contributed by atoms with E-state index < -0.39 is 10.2 Å². The monoisotopic (exact) mass is 496 g/mol. The number of nitrogens with one attached hydrogen (secondary N) is 2. The van der Waals surface area contributed by atoms with Gasteiger partial charge in [0.15, 0.2) is 11.0 Å². The summed E-state index contributed by atoms with van der Waals surface area (Å²) in [7, 11) is 1.80. The molecule has 2 aromatic carbocycles. The molecule has 184 valence electrons.